The number of aromatic nitrogens is 3. The summed E-state index contributed by atoms with van der Waals surface area (Å²) in [7, 11) is 0. The summed E-state index contributed by atoms with van der Waals surface area (Å²) in [6.45, 7) is 2.58. The van der Waals surface area contributed by atoms with Crippen LogP contribution in [0, 0.1) is 5.82 Å². The molecule has 0 saturated carbocycles. The number of rotatable bonds is 7. The molecular formula is C20H19FN4O3. The third kappa shape index (κ3) is 4.59. The Kier molecular flexibility index (Phi) is 6.11. The van der Waals surface area contributed by atoms with E-state index in [0.717, 1.165) is 0 Å². The lowest BCUT2D eigenvalue weighted by atomic mass is 10.1. The Labute approximate surface area is 160 Å². The number of ether oxygens (including phenoxy) is 1. The fourth-order valence-corrected chi connectivity index (χ4v) is 2.57. The van der Waals surface area contributed by atoms with Crippen molar-refractivity contribution >= 4 is 5.91 Å². The van der Waals surface area contributed by atoms with Crippen molar-refractivity contribution in [3.05, 3.63) is 76.5 Å². The van der Waals surface area contributed by atoms with E-state index < -0.39 is 0 Å². The molecule has 1 aromatic carbocycles. The number of benzene rings is 1. The van der Waals surface area contributed by atoms with Gasteiger partial charge in [-0.3, -0.25) is 9.59 Å². The van der Waals surface area contributed by atoms with Crippen molar-refractivity contribution < 1.29 is 13.9 Å². The highest BCUT2D eigenvalue weighted by Crippen LogP contribution is 2.16. The molecule has 0 aliphatic heterocycles. The molecule has 0 radical (unpaired) electrons. The summed E-state index contributed by atoms with van der Waals surface area (Å²) in [5, 5.41) is 7.01. The van der Waals surface area contributed by atoms with Gasteiger partial charge in [0.15, 0.2) is 0 Å². The van der Waals surface area contributed by atoms with Gasteiger partial charge < -0.3 is 10.1 Å². The number of carbonyl (C=O) groups is 1. The molecule has 1 N–H and O–H groups in total. The molecule has 3 rings (SSSR count). The quantitative estimate of drug-likeness (QED) is 0.678. The van der Waals surface area contributed by atoms with Crippen LogP contribution < -0.4 is 15.6 Å². The number of hydrogen-bond donors (Lipinski definition) is 1. The molecule has 1 amide bonds. The average molecular weight is 382 g/mol. The van der Waals surface area contributed by atoms with Gasteiger partial charge >= 0.3 is 0 Å². The minimum absolute atomic E-state index is 0.184. The highest BCUT2D eigenvalue weighted by Gasteiger charge is 2.13. The van der Waals surface area contributed by atoms with Crippen molar-refractivity contribution in [2.45, 2.75) is 13.5 Å². The number of halogens is 1. The van der Waals surface area contributed by atoms with E-state index in [0.29, 0.717) is 23.4 Å². The molecule has 0 saturated heterocycles. The van der Waals surface area contributed by atoms with Gasteiger partial charge in [-0.1, -0.05) is 0 Å². The molecule has 3 aromatic rings. The molecule has 0 fully saturated rings. The van der Waals surface area contributed by atoms with Gasteiger partial charge in [-0.25, -0.2) is 14.1 Å². The largest absolute Gasteiger partial charge is 0.477 e. The second-order valence-corrected chi connectivity index (χ2v) is 5.83. The van der Waals surface area contributed by atoms with Crippen LogP contribution >= 0.6 is 0 Å². The maximum Gasteiger partial charge on any atom is 0.266 e. The molecule has 144 valence electrons. The van der Waals surface area contributed by atoms with E-state index in [2.05, 4.69) is 15.4 Å². The Morgan fingerprint density at radius 1 is 1.18 bits per heavy atom. The summed E-state index contributed by atoms with van der Waals surface area (Å²) in [6, 6.07) is 12.1. The van der Waals surface area contributed by atoms with Crippen LogP contribution in [0.2, 0.25) is 0 Å². The summed E-state index contributed by atoms with van der Waals surface area (Å²) < 4.78 is 19.7. The monoisotopic (exact) mass is 382 g/mol. The normalized spacial score (nSPS) is 10.5. The van der Waals surface area contributed by atoms with Gasteiger partial charge in [0.05, 0.1) is 18.8 Å². The molecule has 0 unspecified atom stereocenters. The molecule has 0 aliphatic rings. The van der Waals surface area contributed by atoms with E-state index in [1.807, 2.05) is 6.92 Å². The van der Waals surface area contributed by atoms with Crippen molar-refractivity contribution in [3.8, 4) is 17.1 Å². The molecule has 0 bridgehead atoms. The van der Waals surface area contributed by atoms with Crippen molar-refractivity contribution in [2.75, 3.05) is 13.2 Å². The highest BCUT2D eigenvalue weighted by atomic mass is 19.1. The summed E-state index contributed by atoms with van der Waals surface area (Å²) >= 11 is 0. The van der Waals surface area contributed by atoms with Crippen LogP contribution in [0.25, 0.3) is 11.3 Å². The van der Waals surface area contributed by atoms with Gasteiger partial charge in [-0.15, -0.1) is 0 Å². The van der Waals surface area contributed by atoms with Crippen LogP contribution in [-0.4, -0.2) is 33.8 Å². The topological polar surface area (TPSA) is 86.1 Å². The summed E-state index contributed by atoms with van der Waals surface area (Å²) in [5.74, 6) is -0.433. The van der Waals surface area contributed by atoms with E-state index in [9.17, 15) is 14.0 Å². The van der Waals surface area contributed by atoms with E-state index in [-0.39, 0.29) is 36.3 Å². The van der Waals surface area contributed by atoms with Gasteiger partial charge in [0.1, 0.15) is 11.4 Å². The molecule has 0 atom stereocenters. The van der Waals surface area contributed by atoms with E-state index in [1.54, 1.807) is 36.5 Å². The first-order valence-electron chi connectivity index (χ1n) is 8.78. The standard InChI is InChI=1S/C20H19FN4O3/c1-2-28-20-16(4-3-11-23-20)19(27)22-12-13-25-18(26)10-9-17(24-25)14-5-7-15(21)8-6-14/h3-11H,2,12-13H2,1H3,(H,22,27). The molecule has 2 aromatic heterocycles. The summed E-state index contributed by atoms with van der Waals surface area (Å²) in [4.78, 5) is 28.4. The average Bonchev–Trinajstić information content (AvgIpc) is 2.70. The minimum atomic E-state index is -0.348. The number of hydrogen-bond acceptors (Lipinski definition) is 5. The SMILES string of the molecule is CCOc1ncccc1C(=O)NCCn1nc(-c2ccc(F)cc2)ccc1=O. The first-order chi connectivity index (χ1) is 13.6. The predicted octanol–water partition coefficient (Wildman–Crippen LogP) is 2.27. The highest BCUT2D eigenvalue weighted by molar-refractivity contribution is 5.96. The van der Waals surface area contributed by atoms with Gasteiger partial charge in [0, 0.05) is 24.4 Å². The molecule has 28 heavy (non-hydrogen) atoms. The van der Waals surface area contributed by atoms with E-state index >= 15 is 0 Å². The number of nitrogens with one attached hydrogen (secondary N) is 1. The molecule has 0 aliphatic carbocycles. The number of amides is 1. The number of carbonyl (C=O) groups excluding carboxylic acids is 1. The smallest absolute Gasteiger partial charge is 0.266 e. The number of pyridine rings is 1. The van der Waals surface area contributed by atoms with Crippen LogP contribution in [-0.2, 0) is 6.54 Å². The Morgan fingerprint density at radius 2 is 1.96 bits per heavy atom. The third-order valence-corrected chi connectivity index (χ3v) is 3.91. The maximum atomic E-state index is 13.1. The summed E-state index contributed by atoms with van der Waals surface area (Å²) in [5.41, 5.74) is 1.26. The van der Waals surface area contributed by atoms with Crippen LogP contribution in [0.15, 0.2) is 59.5 Å². The lowest BCUT2D eigenvalue weighted by molar-refractivity contribution is 0.0947. The van der Waals surface area contributed by atoms with Crippen molar-refractivity contribution in [3.63, 3.8) is 0 Å². The predicted molar refractivity (Wildman–Crippen MR) is 102 cm³/mol. The molecule has 7 nitrogen and oxygen atoms in total. The number of nitrogens with zero attached hydrogens (tertiary/aromatic N) is 3. The Morgan fingerprint density at radius 3 is 2.71 bits per heavy atom. The molecule has 2 heterocycles. The zero-order valence-corrected chi connectivity index (χ0v) is 15.3. The van der Waals surface area contributed by atoms with Gasteiger partial charge in [-0.2, -0.15) is 5.10 Å². The second-order valence-electron chi connectivity index (χ2n) is 5.83. The van der Waals surface area contributed by atoms with Crippen molar-refractivity contribution in [1.29, 1.82) is 0 Å². The summed E-state index contributed by atoms with van der Waals surface area (Å²) in [6.07, 6.45) is 1.55. The Hall–Kier alpha value is -3.55. The van der Waals surface area contributed by atoms with Crippen LogP contribution in [0.1, 0.15) is 17.3 Å². The maximum absolute atomic E-state index is 13.1. The van der Waals surface area contributed by atoms with Crippen molar-refractivity contribution in [1.82, 2.24) is 20.1 Å². The fraction of sp³-hybridized carbons (Fsp3) is 0.200. The van der Waals surface area contributed by atoms with Gasteiger partial charge in [-0.05, 0) is 49.4 Å². The van der Waals surface area contributed by atoms with E-state index in [1.165, 1.54) is 22.9 Å². The minimum Gasteiger partial charge on any atom is -0.477 e. The zero-order chi connectivity index (χ0) is 19.9. The first-order valence-corrected chi connectivity index (χ1v) is 8.78. The third-order valence-electron chi connectivity index (χ3n) is 3.91. The Balaban J connectivity index is 1.68. The molecule has 0 spiro atoms. The first kappa shape index (κ1) is 19.2. The Bertz CT molecular complexity index is 1020. The van der Waals surface area contributed by atoms with Gasteiger partial charge in [0.25, 0.3) is 11.5 Å². The van der Waals surface area contributed by atoms with Crippen LogP contribution in [0.3, 0.4) is 0 Å². The molecular weight excluding hydrogens is 363 g/mol. The fourth-order valence-electron chi connectivity index (χ4n) is 2.57. The van der Waals surface area contributed by atoms with Crippen molar-refractivity contribution in [2.24, 2.45) is 0 Å². The lowest BCUT2D eigenvalue weighted by Gasteiger charge is -2.10. The van der Waals surface area contributed by atoms with Crippen LogP contribution in [0.5, 0.6) is 5.88 Å². The lowest BCUT2D eigenvalue weighted by Crippen LogP contribution is -2.32. The molecule has 8 heteroatoms. The van der Waals surface area contributed by atoms with E-state index in [4.69, 9.17) is 4.74 Å². The van der Waals surface area contributed by atoms with Gasteiger partial charge in [0.2, 0.25) is 5.88 Å². The van der Waals surface area contributed by atoms with Crippen LogP contribution in [0.4, 0.5) is 4.39 Å². The zero-order valence-electron chi connectivity index (χ0n) is 15.3. The second kappa shape index (κ2) is 8.90.